The third kappa shape index (κ3) is 4.72. The van der Waals surface area contributed by atoms with Crippen LogP contribution >= 0.6 is 11.6 Å². The van der Waals surface area contributed by atoms with E-state index in [1.807, 2.05) is 29.2 Å². The predicted molar refractivity (Wildman–Crippen MR) is 128 cm³/mol. The minimum Gasteiger partial charge on any atom is -0.368 e. The fourth-order valence-corrected chi connectivity index (χ4v) is 6.06. The normalized spacial score (nSPS) is 16.9. The molecule has 1 amide bonds. The Hall–Kier alpha value is -2.29. The fourth-order valence-electron chi connectivity index (χ4n) is 4.41. The summed E-state index contributed by atoms with van der Waals surface area (Å²) in [4.78, 5) is 15.7. The Morgan fingerprint density at radius 1 is 1.06 bits per heavy atom. The Morgan fingerprint density at radius 3 is 2.50 bits per heavy atom. The van der Waals surface area contributed by atoms with Crippen LogP contribution in [0.25, 0.3) is 0 Å². The van der Waals surface area contributed by atoms with Gasteiger partial charge in [-0.3, -0.25) is 9.10 Å². The molecule has 9 heteroatoms. The van der Waals surface area contributed by atoms with Crippen LogP contribution in [0.4, 0.5) is 11.4 Å². The molecule has 0 unspecified atom stereocenters. The second kappa shape index (κ2) is 9.29. The lowest BCUT2D eigenvalue weighted by Gasteiger charge is -2.37. The predicted octanol–water partition coefficient (Wildman–Crippen LogP) is 3.14. The quantitative estimate of drug-likeness (QED) is 0.665. The lowest BCUT2D eigenvalue weighted by Crippen LogP contribution is -2.48. The number of benzene rings is 2. The molecule has 0 aromatic heterocycles. The van der Waals surface area contributed by atoms with Crippen molar-refractivity contribution >= 4 is 39.1 Å². The number of nitrogens with zero attached hydrogens (tertiary/aromatic N) is 4. The zero-order valence-electron chi connectivity index (χ0n) is 18.5. The molecule has 1 fully saturated rings. The summed E-state index contributed by atoms with van der Waals surface area (Å²) in [5.41, 5.74) is 3.72. The average molecular weight is 477 g/mol. The minimum absolute atomic E-state index is 0.109. The van der Waals surface area contributed by atoms with Crippen LogP contribution in [0.1, 0.15) is 24.5 Å². The molecule has 0 aliphatic carbocycles. The molecule has 2 aliphatic rings. The topological polar surface area (TPSA) is 64.2 Å². The van der Waals surface area contributed by atoms with Crippen molar-refractivity contribution in [3.8, 4) is 0 Å². The first-order valence-electron chi connectivity index (χ1n) is 10.9. The van der Waals surface area contributed by atoms with Gasteiger partial charge in [0.05, 0.1) is 5.69 Å². The maximum Gasteiger partial charge on any atom is 0.304 e. The molecular formula is C23H29ClN4O3S. The fraction of sp³-hybridized carbons (Fsp3) is 0.435. The lowest BCUT2D eigenvalue weighted by molar-refractivity contribution is -0.129. The van der Waals surface area contributed by atoms with E-state index >= 15 is 0 Å². The standard InChI is InChI=1S/C23H29ClN4O3S/c1-18(29)26-11-13-27(14-12-26)22-8-9-23-20(16-22)6-4-10-28(23)32(30,31)25(2)17-19-5-3-7-21(24)15-19/h3,5,7-9,15-16H,4,6,10-14,17H2,1-2H3. The van der Waals surface area contributed by atoms with Crippen molar-refractivity contribution in [1.82, 2.24) is 9.21 Å². The molecule has 0 N–H and O–H groups in total. The largest absolute Gasteiger partial charge is 0.368 e. The van der Waals surface area contributed by atoms with Gasteiger partial charge in [-0.1, -0.05) is 23.7 Å². The molecule has 4 rings (SSSR count). The Kier molecular flexibility index (Phi) is 6.65. The number of rotatable bonds is 5. The number of halogens is 1. The van der Waals surface area contributed by atoms with Crippen molar-refractivity contribution in [2.24, 2.45) is 0 Å². The SMILES string of the molecule is CC(=O)N1CCN(c2ccc3c(c2)CCCN3S(=O)(=O)N(C)Cc2cccc(Cl)c2)CC1. The van der Waals surface area contributed by atoms with Crippen LogP contribution in [-0.2, 0) is 28.0 Å². The van der Waals surface area contributed by atoms with Crippen LogP contribution in [0.3, 0.4) is 0 Å². The zero-order chi connectivity index (χ0) is 22.9. The molecule has 32 heavy (non-hydrogen) atoms. The van der Waals surface area contributed by atoms with Gasteiger partial charge in [-0.25, -0.2) is 0 Å². The van der Waals surface area contributed by atoms with Crippen molar-refractivity contribution in [3.05, 3.63) is 58.6 Å². The van der Waals surface area contributed by atoms with Crippen molar-refractivity contribution in [1.29, 1.82) is 0 Å². The summed E-state index contributed by atoms with van der Waals surface area (Å²) in [6, 6.07) is 13.3. The van der Waals surface area contributed by atoms with Gasteiger partial charge < -0.3 is 9.80 Å². The molecule has 1 saturated heterocycles. The third-order valence-corrected chi connectivity index (χ3v) is 8.28. The zero-order valence-corrected chi connectivity index (χ0v) is 20.1. The molecule has 0 bridgehead atoms. The van der Waals surface area contributed by atoms with Gasteiger partial charge in [0.1, 0.15) is 0 Å². The summed E-state index contributed by atoms with van der Waals surface area (Å²) in [5, 5.41) is 0.591. The van der Waals surface area contributed by atoms with E-state index in [1.165, 1.54) is 8.61 Å². The highest BCUT2D eigenvalue weighted by Gasteiger charge is 2.31. The van der Waals surface area contributed by atoms with Gasteiger partial charge >= 0.3 is 10.2 Å². The van der Waals surface area contributed by atoms with E-state index in [9.17, 15) is 13.2 Å². The first-order chi connectivity index (χ1) is 15.3. The van der Waals surface area contributed by atoms with E-state index in [-0.39, 0.29) is 12.5 Å². The maximum atomic E-state index is 13.4. The number of carbonyl (C=O) groups excluding carboxylic acids is 1. The second-order valence-corrected chi connectivity index (χ2v) is 10.8. The summed E-state index contributed by atoms with van der Waals surface area (Å²) < 4.78 is 29.7. The molecule has 0 radical (unpaired) electrons. The van der Waals surface area contributed by atoms with Crippen molar-refractivity contribution in [2.75, 3.05) is 49.0 Å². The number of hydrogen-bond acceptors (Lipinski definition) is 4. The molecule has 2 heterocycles. The Morgan fingerprint density at radius 2 is 1.81 bits per heavy atom. The molecule has 172 valence electrons. The van der Waals surface area contributed by atoms with Gasteiger partial charge in [-0.15, -0.1) is 0 Å². The molecular weight excluding hydrogens is 448 g/mol. The van der Waals surface area contributed by atoms with E-state index in [4.69, 9.17) is 11.6 Å². The van der Waals surface area contributed by atoms with Gasteiger partial charge in [0.25, 0.3) is 0 Å². The third-order valence-electron chi connectivity index (χ3n) is 6.20. The van der Waals surface area contributed by atoms with E-state index in [0.29, 0.717) is 24.7 Å². The van der Waals surface area contributed by atoms with Crippen molar-refractivity contribution < 1.29 is 13.2 Å². The molecule has 0 atom stereocenters. The minimum atomic E-state index is -3.68. The maximum absolute atomic E-state index is 13.4. The highest BCUT2D eigenvalue weighted by molar-refractivity contribution is 7.90. The molecule has 2 aromatic rings. The number of amides is 1. The summed E-state index contributed by atoms with van der Waals surface area (Å²) in [6.07, 6.45) is 1.62. The lowest BCUT2D eigenvalue weighted by atomic mass is 10.0. The Labute approximate surface area is 195 Å². The Bertz CT molecular complexity index is 1100. The van der Waals surface area contributed by atoms with Gasteiger partial charge in [-0.2, -0.15) is 12.7 Å². The first-order valence-corrected chi connectivity index (χ1v) is 12.6. The number of hydrogen-bond donors (Lipinski definition) is 0. The molecule has 0 saturated carbocycles. The van der Waals surface area contributed by atoms with Crippen LogP contribution in [0.15, 0.2) is 42.5 Å². The highest BCUT2D eigenvalue weighted by atomic mass is 35.5. The summed E-state index contributed by atoms with van der Waals surface area (Å²) in [5.74, 6) is 0.109. The van der Waals surface area contributed by atoms with Crippen LogP contribution in [0, 0.1) is 0 Å². The van der Waals surface area contributed by atoms with E-state index in [2.05, 4.69) is 11.0 Å². The molecule has 2 aromatic carbocycles. The van der Waals surface area contributed by atoms with E-state index < -0.39 is 10.2 Å². The van der Waals surface area contributed by atoms with Crippen LogP contribution in [0.2, 0.25) is 5.02 Å². The molecule has 7 nitrogen and oxygen atoms in total. The van der Waals surface area contributed by atoms with Gasteiger partial charge in [-0.05, 0) is 54.3 Å². The highest BCUT2D eigenvalue weighted by Crippen LogP contribution is 2.34. The van der Waals surface area contributed by atoms with E-state index in [0.717, 1.165) is 48.4 Å². The van der Waals surface area contributed by atoms with Gasteiger partial charge in [0, 0.05) is 63.9 Å². The number of piperazine rings is 1. The van der Waals surface area contributed by atoms with Gasteiger partial charge in [0.15, 0.2) is 0 Å². The average Bonchev–Trinajstić information content (AvgIpc) is 2.78. The van der Waals surface area contributed by atoms with Crippen molar-refractivity contribution in [3.63, 3.8) is 0 Å². The van der Waals surface area contributed by atoms with Crippen LogP contribution in [0.5, 0.6) is 0 Å². The number of anilines is 2. The second-order valence-electron chi connectivity index (χ2n) is 8.38. The van der Waals surface area contributed by atoms with Crippen molar-refractivity contribution in [2.45, 2.75) is 26.3 Å². The summed E-state index contributed by atoms with van der Waals surface area (Å²) in [6.45, 7) is 5.31. The monoisotopic (exact) mass is 476 g/mol. The Balaban J connectivity index is 1.52. The van der Waals surface area contributed by atoms with Crippen LogP contribution < -0.4 is 9.21 Å². The number of carbonyl (C=O) groups is 1. The molecule has 0 spiro atoms. The summed E-state index contributed by atoms with van der Waals surface area (Å²) >= 11 is 6.06. The first kappa shape index (κ1) is 22.9. The number of aryl methyl sites for hydroxylation is 1. The van der Waals surface area contributed by atoms with Gasteiger partial charge in [0.2, 0.25) is 5.91 Å². The summed E-state index contributed by atoms with van der Waals surface area (Å²) in [7, 11) is -2.07. The van der Waals surface area contributed by atoms with E-state index in [1.54, 1.807) is 26.1 Å². The van der Waals surface area contributed by atoms with Crippen LogP contribution in [-0.4, -0.2) is 63.3 Å². The smallest absolute Gasteiger partial charge is 0.304 e. The number of fused-ring (bicyclic) bond motifs is 1. The molecule has 2 aliphatic heterocycles.